The Hall–Kier alpha value is -1.71. The summed E-state index contributed by atoms with van der Waals surface area (Å²) in [5.74, 6) is 1.07. The molecule has 1 N–H and O–H groups in total. The number of carbonyl (C=O) groups is 1. The quantitative estimate of drug-likeness (QED) is 0.844. The number of aryl methyl sites for hydroxylation is 1. The molecule has 0 aliphatic rings. The summed E-state index contributed by atoms with van der Waals surface area (Å²) >= 11 is 11.9. The third kappa shape index (κ3) is 3.63. The van der Waals surface area contributed by atoms with Gasteiger partial charge in [-0.2, -0.15) is 0 Å². The first-order chi connectivity index (χ1) is 9.06. The predicted molar refractivity (Wildman–Crippen MR) is 77.6 cm³/mol. The SMILES string of the molecule is Cc1ccc(C=CC(=O)Nc2c(Cl)cccc2Cl)o1. The Morgan fingerprint density at radius 2 is 1.89 bits per heavy atom. The van der Waals surface area contributed by atoms with Gasteiger partial charge in [-0.15, -0.1) is 0 Å². The van der Waals surface area contributed by atoms with Gasteiger partial charge in [0, 0.05) is 6.08 Å². The van der Waals surface area contributed by atoms with Crippen LogP contribution in [0, 0.1) is 6.92 Å². The first-order valence-electron chi connectivity index (χ1n) is 5.56. The van der Waals surface area contributed by atoms with Gasteiger partial charge in [-0.1, -0.05) is 29.3 Å². The largest absolute Gasteiger partial charge is 0.462 e. The van der Waals surface area contributed by atoms with Crippen molar-refractivity contribution in [2.45, 2.75) is 6.92 Å². The van der Waals surface area contributed by atoms with E-state index in [-0.39, 0.29) is 5.91 Å². The third-order valence-electron chi connectivity index (χ3n) is 2.37. The lowest BCUT2D eigenvalue weighted by atomic mass is 10.3. The molecule has 0 aliphatic carbocycles. The number of anilines is 1. The van der Waals surface area contributed by atoms with Crippen molar-refractivity contribution in [3.05, 3.63) is 58.0 Å². The van der Waals surface area contributed by atoms with Gasteiger partial charge in [-0.05, 0) is 37.3 Å². The van der Waals surface area contributed by atoms with Crippen molar-refractivity contribution in [1.82, 2.24) is 0 Å². The summed E-state index contributed by atoms with van der Waals surface area (Å²) in [5.41, 5.74) is 0.399. The second kappa shape index (κ2) is 5.95. The average Bonchev–Trinajstić information content (AvgIpc) is 2.77. The van der Waals surface area contributed by atoms with Gasteiger partial charge in [-0.3, -0.25) is 4.79 Å². The minimum Gasteiger partial charge on any atom is -0.462 e. The van der Waals surface area contributed by atoms with Crippen LogP contribution in [-0.2, 0) is 4.79 Å². The minimum atomic E-state index is -0.330. The number of nitrogens with one attached hydrogen (secondary N) is 1. The van der Waals surface area contributed by atoms with Crippen molar-refractivity contribution in [2.75, 3.05) is 5.32 Å². The fourth-order valence-electron chi connectivity index (χ4n) is 1.48. The maximum Gasteiger partial charge on any atom is 0.248 e. The van der Waals surface area contributed by atoms with Crippen LogP contribution in [0.2, 0.25) is 10.0 Å². The van der Waals surface area contributed by atoms with E-state index in [1.165, 1.54) is 6.08 Å². The Balaban J connectivity index is 2.07. The van der Waals surface area contributed by atoms with E-state index in [0.717, 1.165) is 5.76 Å². The number of hydrogen-bond donors (Lipinski definition) is 1. The molecule has 1 aromatic heterocycles. The second-order valence-corrected chi connectivity index (χ2v) is 4.68. The molecule has 2 rings (SSSR count). The molecular weight excluding hydrogens is 285 g/mol. The van der Waals surface area contributed by atoms with Crippen LogP contribution in [-0.4, -0.2) is 5.91 Å². The monoisotopic (exact) mass is 295 g/mol. The molecule has 0 bridgehead atoms. The van der Waals surface area contributed by atoms with Crippen molar-refractivity contribution in [3.8, 4) is 0 Å². The summed E-state index contributed by atoms with van der Waals surface area (Å²) in [6, 6.07) is 8.62. The minimum absolute atomic E-state index is 0.330. The van der Waals surface area contributed by atoms with Crippen LogP contribution in [0.1, 0.15) is 11.5 Å². The average molecular weight is 296 g/mol. The molecule has 0 fully saturated rings. The number of benzene rings is 1. The van der Waals surface area contributed by atoms with Crippen LogP contribution >= 0.6 is 23.2 Å². The van der Waals surface area contributed by atoms with Gasteiger partial charge < -0.3 is 9.73 Å². The normalized spacial score (nSPS) is 10.9. The molecule has 1 amide bonds. The van der Waals surface area contributed by atoms with Gasteiger partial charge in [0.25, 0.3) is 0 Å². The van der Waals surface area contributed by atoms with Gasteiger partial charge in [0.15, 0.2) is 0 Å². The van der Waals surface area contributed by atoms with Crippen LogP contribution < -0.4 is 5.32 Å². The van der Waals surface area contributed by atoms with Crippen LogP contribution in [0.3, 0.4) is 0 Å². The molecule has 0 aliphatic heterocycles. The lowest BCUT2D eigenvalue weighted by Gasteiger charge is -2.06. The summed E-state index contributed by atoms with van der Waals surface area (Å²) in [7, 11) is 0. The van der Waals surface area contributed by atoms with E-state index in [9.17, 15) is 4.79 Å². The summed E-state index contributed by atoms with van der Waals surface area (Å²) in [4.78, 5) is 11.7. The van der Waals surface area contributed by atoms with E-state index < -0.39 is 0 Å². The Morgan fingerprint density at radius 3 is 2.47 bits per heavy atom. The van der Waals surface area contributed by atoms with E-state index in [1.54, 1.807) is 30.3 Å². The maximum absolute atomic E-state index is 11.7. The first-order valence-corrected chi connectivity index (χ1v) is 6.31. The lowest BCUT2D eigenvalue weighted by molar-refractivity contribution is -0.111. The molecule has 1 aromatic carbocycles. The number of carbonyl (C=O) groups excluding carboxylic acids is 1. The van der Waals surface area contributed by atoms with Gasteiger partial charge in [-0.25, -0.2) is 0 Å². The molecule has 5 heteroatoms. The zero-order chi connectivity index (χ0) is 13.8. The van der Waals surface area contributed by atoms with Gasteiger partial charge in [0.1, 0.15) is 11.5 Å². The van der Waals surface area contributed by atoms with E-state index >= 15 is 0 Å². The second-order valence-electron chi connectivity index (χ2n) is 3.87. The number of halogens is 2. The van der Waals surface area contributed by atoms with Crippen molar-refractivity contribution in [1.29, 1.82) is 0 Å². The highest BCUT2D eigenvalue weighted by Gasteiger charge is 2.07. The van der Waals surface area contributed by atoms with E-state index in [1.807, 2.05) is 13.0 Å². The van der Waals surface area contributed by atoms with Crippen molar-refractivity contribution < 1.29 is 9.21 Å². The van der Waals surface area contributed by atoms with E-state index in [0.29, 0.717) is 21.5 Å². The van der Waals surface area contributed by atoms with Crippen LogP contribution in [0.15, 0.2) is 40.8 Å². The van der Waals surface area contributed by atoms with Gasteiger partial charge >= 0.3 is 0 Å². The Kier molecular flexibility index (Phi) is 4.30. The number of amides is 1. The van der Waals surface area contributed by atoms with Gasteiger partial charge in [0.05, 0.1) is 15.7 Å². The summed E-state index contributed by atoms with van der Waals surface area (Å²) in [6.07, 6.45) is 2.94. The molecule has 0 saturated carbocycles. The summed E-state index contributed by atoms with van der Waals surface area (Å²) < 4.78 is 5.31. The smallest absolute Gasteiger partial charge is 0.248 e. The standard InChI is InChI=1S/C14H11Cl2NO2/c1-9-5-6-10(19-9)7-8-13(18)17-14-11(15)3-2-4-12(14)16/h2-8H,1H3,(H,17,18). The van der Waals surface area contributed by atoms with Crippen LogP contribution in [0.4, 0.5) is 5.69 Å². The molecule has 98 valence electrons. The predicted octanol–water partition coefficient (Wildman–Crippen LogP) is 4.55. The fraction of sp³-hybridized carbons (Fsp3) is 0.0714. The molecule has 1 heterocycles. The van der Waals surface area contributed by atoms with Crippen LogP contribution in [0.25, 0.3) is 6.08 Å². The molecule has 3 nitrogen and oxygen atoms in total. The van der Waals surface area contributed by atoms with Crippen molar-refractivity contribution in [3.63, 3.8) is 0 Å². The topological polar surface area (TPSA) is 42.2 Å². The van der Waals surface area contributed by atoms with Crippen LogP contribution in [0.5, 0.6) is 0 Å². The summed E-state index contributed by atoms with van der Waals surface area (Å²) in [6.45, 7) is 1.83. The summed E-state index contributed by atoms with van der Waals surface area (Å²) in [5, 5.41) is 3.41. The maximum atomic E-state index is 11.7. The molecule has 2 aromatic rings. The highest BCUT2D eigenvalue weighted by molar-refractivity contribution is 6.39. The van der Waals surface area contributed by atoms with Gasteiger partial charge in [0.2, 0.25) is 5.91 Å². The zero-order valence-corrected chi connectivity index (χ0v) is 11.6. The van der Waals surface area contributed by atoms with E-state index in [2.05, 4.69) is 5.32 Å². The Bertz CT molecular complexity index is 612. The third-order valence-corrected chi connectivity index (χ3v) is 3.00. The first kappa shape index (κ1) is 13.7. The molecule has 0 atom stereocenters. The fourth-order valence-corrected chi connectivity index (χ4v) is 1.97. The molecular formula is C14H11Cl2NO2. The van der Waals surface area contributed by atoms with Crippen molar-refractivity contribution >= 4 is 40.9 Å². The molecule has 0 saturated heterocycles. The van der Waals surface area contributed by atoms with E-state index in [4.69, 9.17) is 27.6 Å². The zero-order valence-electron chi connectivity index (χ0n) is 10.1. The number of furan rings is 1. The lowest BCUT2D eigenvalue weighted by Crippen LogP contribution is -2.08. The Labute approximate surface area is 120 Å². The number of para-hydroxylation sites is 1. The Morgan fingerprint density at radius 1 is 1.21 bits per heavy atom. The molecule has 19 heavy (non-hydrogen) atoms. The number of rotatable bonds is 3. The highest BCUT2D eigenvalue weighted by Crippen LogP contribution is 2.29. The highest BCUT2D eigenvalue weighted by atomic mass is 35.5. The molecule has 0 unspecified atom stereocenters. The van der Waals surface area contributed by atoms with Crippen molar-refractivity contribution in [2.24, 2.45) is 0 Å². The molecule has 0 spiro atoms. The molecule has 0 radical (unpaired) electrons. The number of hydrogen-bond acceptors (Lipinski definition) is 2.